The molecule has 2 aliphatic rings. The van der Waals surface area contributed by atoms with Crippen molar-refractivity contribution < 1.29 is 4.42 Å². The number of aromatic nitrogens is 1. The van der Waals surface area contributed by atoms with E-state index in [0.717, 1.165) is 24.2 Å². The maximum atomic E-state index is 5.77. The highest BCUT2D eigenvalue weighted by Crippen LogP contribution is 2.34. The highest BCUT2D eigenvalue weighted by Gasteiger charge is 2.23. The van der Waals surface area contributed by atoms with Crippen LogP contribution in [0.25, 0.3) is 0 Å². The molecule has 2 fully saturated rings. The number of hydrogen-bond donors (Lipinski definition) is 1. The van der Waals surface area contributed by atoms with Gasteiger partial charge in [-0.2, -0.15) is 0 Å². The van der Waals surface area contributed by atoms with Gasteiger partial charge in [0.15, 0.2) is 0 Å². The maximum Gasteiger partial charge on any atom is 0.208 e. The first-order valence-electron chi connectivity index (χ1n) is 6.10. The summed E-state index contributed by atoms with van der Waals surface area (Å²) in [4.78, 5) is 4.33. The van der Waals surface area contributed by atoms with Gasteiger partial charge in [-0.15, -0.1) is 0 Å². The van der Waals surface area contributed by atoms with Crippen LogP contribution in [-0.4, -0.2) is 11.0 Å². The van der Waals surface area contributed by atoms with E-state index < -0.39 is 0 Å². The van der Waals surface area contributed by atoms with Gasteiger partial charge < -0.3 is 9.73 Å². The Morgan fingerprint density at radius 3 is 2.80 bits per heavy atom. The zero-order valence-corrected chi connectivity index (χ0v) is 9.04. The zero-order valence-electron chi connectivity index (χ0n) is 9.04. The molecule has 0 aromatic carbocycles. The van der Waals surface area contributed by atoms with Crippen LogP contribution in [0, 0.1) is 0 Å². The Morgan fingerprint density at radius 2 is 2.07 bits per heavy atom. The normalized spacial score (nSPS) is 22.4. The number of rotatable bonds is 4. The van der Waals surface area contributed by atoms with Crippen molar-refractivity contribution in [2.75, 3.05) is 0 Å². The van der Waals surface area contributed by atoms with Gasteiger partial charge in [-0.3, -0.25) is 0 Å². The SMILES string of the molecule is c1nc(CNC2CC2)oc1C1CCCC1. The first-order chi connectivity index (χ1) is 7.42. The second-order valence-electron chi connectivity index (χ2n) is 4.79. The summed E-state index contributed by atoms with van der Waals surface area (Å²) in [5.74, 6) is 2.62. The van der Waals surface area contributed by atoms with Gasteiger partial charge >= 0.3 is 0 Å². The Labute approximate surface area is 90.3 Å². The Morgan fingerprint density at radius 1 is 1.27 bits per heavy atom. The quantitative estimate of drug-likeness (QED) is 0.822. The molecule has 1 aromatic rings. The lowest BCUT2D eigenvalue weighted by molar-refractivity contribution is 0.410. The minimum absolute atomic E-state index is 0.646. The first kappa shape index (κ1) is 9.40. The molecule has 82 valence electrons. The van der Waals surface area contributed by atoms with Crippen LogP contribution < -0.4 is 5.32 Å². The molecule has 1 N–H and O–H groups in total. The second kappa shape index (κ2) is 3.97. The number of nitrogens with one attached hydrogen (secondary N) is 1. The average Bonchev–Trinajstić information content (AvgIpc) is 2.78. The highest BCUT2D eigenvalue weighted by atomic mass is 16.4. The number of nitrogens with zero attached hydrogens (tertiary/aromatic N) is 1. The molecular formula is C12H18N2O. The van der Waals surface area contributed by atoms with E-state index in [-0.39, 0.29) is 0 Å². The van der Waals surface area contributed by atoms with Crippen molar-refractivity contribution in [3.8, 4) is 0 Å². The Hall–Kier alpha value is -0.830. The molecule has 0 spiro atoms. The standard InChI is InChI=1S/C12H18N2O/c1-2-4-9(3-1)11-7-14-12(15-11)8-13-10-5-6-10/h7,9-10,13H,1-6,8H2. The van der Waals surface area contributed by atoms with Gasteiger partial charge in [0.1, 0.15) is 5.76 Å². The van der Waals surface area contributed by atoms with E-state index in [2.05, 4.69) is 10.3 Å². The van der Waals surface area contributed by atoms with E-state index in [1.54, 1.807) is 0 Å². The van der Waals surface area contributed by atoms with Crippen molar-refractivity contribution in [1.82, 2.24) is 10.3 Å². The molecule has 0 saturated heterocycles. The summed E-state index contributed by atoms with van der Waals surface area (Å²) in [7, 11) is 0. The molecule has 0 unspecified atom stereocenters. The molecule has 0 aliphatic heterocycles. The molecule has 2 saturated carbocycles. The Balaban J connectivity index is 1.59. The molecular weight excluding hydrogens is 188 g/mol. The van der Waals surface area contributed by atoms with Crippen molar-refractivity contribution in [1.29, 1.82) is 0 Å². The summed E-state index contributed by atoms with van der Waals surface area (Å²) in [5.41, 5.74) is 0. The van der Waals surface area contributed by atoms with E-state index in [4.69, 9.17) is 4.42 Å². The molecule has 3 rings (SSSR count). The number of oxazole rings is 1. The van der Waals surface area contributed by atoms with Gasteiger partial charge in [0, 0.05) is 12.0 Å². The third-order valence-corrected chi connectivity index (χ3v) is 3.45. The van der Waals surface area contributed by atoms with Gasteiger partial charge in [-0.1, -0.05) is 12.8 Å². The van der Waals surface area contributed by atoms with Crippen LogP contribution in [0.4, 0.5) is 0 Å². The predicted octanol–water partition coefficient (Wildman–Crippen LogP) is 2.58. The van der Waals surface area contributed by atoms with E-state index in [0.29, 0.717) is 5.92 Å². The summed E-state index contributed by atoms with van der Waals surface area (Å²) in [6.07, 6.45) is 9.82. The molecule has 0 atom stereocenters. The Kier molecular flexibility index (Phi) is 2.49. The molecule has 2 aliphatic carbocycles. The first-order valence-corrected chi connectivity index (χ1v) is 6.10. The Bertz CT molecular complexity index is 324. The molecule has 3 heteroatoms. The minimum Gasteiger partial charge on any atom is -0.444 e. The lowest BCUT2D eigenvalue weighted by Crippen LogP contribution is -2.15. The average molecular weight is 206 g/mol. The van der Waals surface area contributed by atoms with Gasteiger partial charge in [-0.25, -0.2) is 4.98 Å². The molecule has 1 heterocycles. The van der Waals surface area contributed by atoms with Crippen LogP contribution in [0.5, 0.6) is 0 Å². The lowest BCUT2D eigenvalue weighted by atomic mass is 10.1. The fraction of sp³-hybridized carbons (Fsp3) is 0.750. The van der Waals surface area contributed by atoms with Gasteiger partial charge in [-0.05, 0) is 25.7 Å². The summed E-state index contributed by atoms with van der Waals surface area (Å²) >= 11 is 0. The largest absolute Gasteiger partial charge is 0.444 e. The second-order valence-corrected chi connectivity index (χ2v) is 4.79. The molecule has 15 heavy (non-hydrogen) atoms. The summed E-state index contributed by atoms with van der Waals surface area (Å²) in [5, 5.41) is 3.42. The van der Waals surface area contributed by atoms with E-state index >= 15 is 0 Å². The van der Waals surface area contributed by atoms with Crippen LogP contribution in [0.3, 0.4) is 0 Å². The molecule has 0 bridgehead atoms. The van der Waals surface area contributed by atoms with E-state index in [1.165, 1.54) is 38.5 Å². The van der Waals surface area contributed by atoms with Crippen LogP contribution in [0.1, 0.15) is 56.1 Å². The molecule has 3 nitrogen and oxygen atoms in total. The van der Waals surface area contributed by atoms with Crippen molar-refractivity contribution in [2.24, 2.45) is 0 Å². The van der Waals surface area contributed by atoms with Crippen LogP contribution >= 0.6 is 0 Å². The smallest absolute Gasteiger partial charge is 0.208 e. The van der Waals surface area contributed by atoms with Gasteiger partial charge in [0.2, 0.25) is 5.89 Å². The summed E-state index contributed by atoms with van der Waals surface area (Å²) in [6.45, 7) is 0.803. The lowest BCUT2D eigenvalue weighted by Gasteiger charge is -2.02. The van der Waals surface area contributed by atoms with Crippen molar-refractivity contribution in [2.45, 2.75) is 57.0 Å². The molecule has 1 aromatic heterocycles. The third kappa shape index (κ3) is 2.23. The predicted molar refractivity (Wildman–Crippen MR) is 57.6 cm³/mol. The third-order valence-electron chi connectivity index (χ3n) is 3.45. The van der Waals surface area contributed by atoms with Crippen LogP contribution in [-0.2, 0) is 6.54 Å². The summed E-state index contributed by atoms with van der Waals surface area (Å²) in [6, 6.07) is 0.729. The van der Waals surface area contributed by atoms with E-state index in [9.17, 15) is 0 Å². The zero-order chi connectivity index (χ0) is 10.1. The van der Waals surface area contributed by atoms with Gasteiger partial charge in [0.05, 0.1) is 12.7 Å². The molecule has 0 radical (unpaired) electrons. The maximum absolute atomic E-state index is 5.77. The molecule has 0 amide bonds. The van der Waals surface area contributed by atoms with Crippen LogP contribution in [0.2, 0.25) is 0 Å². The van der Waals surface area contributed by atoms with Crippen molar-refractivity contribution >= 4 is 0 Å². The van der Waals surface area contributed by atoms with Crippen LogP contribution in [0.15, 0.2) is 10.6 Å². The van der Waals surface area contributed by atoms with Crippen molar-refractivity contribution in [3.63, 3.8) is 0 Å². The number of hydrogen-bond acceptors (Lipinski definition) is 3. The van der Waals surface area contributed by atoms with E-state index in [1.807, 2.05) is 6.20 Å². The van der Waals surface area contributed by atoms with Crippen molar-refractivity contribution in [3.05, 3.63) is 17.8 Å². The topological polar surface area (TPSA) is 38.1 Å². The fourth-order valence-corrected chi connectivity index (χ4v) is 2.32. The highest BCUT2D eigenvalue weighted by molar-refractivity contribution is 5.03. The monoisotopic (exact) mass is 206 g/mol. The minimum atomic E-state index is 0.646. The fourth-order valence-electron chi connectivity index (χ4n) is 2.32. The van der Waals surface area contributed by atoms with Gasteiger partial charge in [0.25, 0.3) is 0 Å². The summed E-state index contributed by atoms with van der Waals surface area (Å²) < 4.78 is 5.77.